The Balaban J connectivity index is 3.45. The smallest absolute Gasteiger partial charge is 0.306 e. The number of aliphatic hydroxyl groups is 1. The molecule has 0 bridgehead atoms. The van der Waals surface area contributed by atoms with Gasteiger partial charge in [-0.2, -0.15) is 0 Å². The third kappa shape index (κ3) is 38.7. The average molecular weight is 659 g/mol. The van der Waals surface area contributed by atoms with E-state index in [2.05, 4.69) is 62.5 Å². The van der Waals surface area contributed by atoms with Crippen molar-refractivity contribution in [2.24, 2.45) is 0 Å². The summed E-state index contributed by atoms with van der Waals surface area (Å²) in [6, 6.07) is 0. The molecule has 0 saturated carbocycles. The first kappa shape index (κ1) is 45.3. The van der Waals surface area contributed by atoms with Crippen molar-refractivity contribution in [3.8, 4) is 0 Å². The van der Waals surface area contributed by atoms with E-state index in [1.54, 1.807) is 0 Å². The van der Waals surface area contributed by atoms with Gasteiger partial charge >= 0.3 is 5.97 Å². The van der Waals surface area contributed by atoms with Gasteiger partial charge in [0.2, 0.25) is 0 Å². The summed E-state index contributed by atoms with van der Waals surface area (Å²) in [7, 11) is 0. The summed E-state index contributed by atoms with van der Waals surface area (Å²) in [6.07, 6.45) is 51.7. The Labute approximate surface area is 292 Å². The average Bonchev–Trinajstić information content (AvgIpc) is 3.08. The summed E-state index contributed by atoms with van der Waals surface area (Å²) >= 11 is 0. The zero-order chi connectivity index (χ0) is 34.1. The van der Waals surface area contributed by atoms with E-state index in [1.807, 2.05) is 0 Å². The molecule has 0 aliphatic heterocycles. The Morgan fingerprint density at radius 1 is 0.532 bits per heavy atom. The van der Waals surface area contributed by atoms with Crippen LogP contribution >= 0.6 is 0 Å². The molecule has 0 rings (SSSR count). The van der Waals surface area contributed by atoms with E-state index in [0.29, 0.717) is 13.0 Å². The lowest BCUT2D eigenvalue weighted by molar-refractivity contribution is -0.154. The maximum atomic E-state index is 12.2. The number of allylic oxidation sites excluding steroid dienone is 8. The minimum absolute atomic E-state index is 0.182. The van der Waals surface area contributed by atoms with Crippen LogP contribution in [0.1, 0.15) is 194 Å². The molecule has 0 amide bonds. The first-order valence-corrected chi connectivity index (χ1v) is 20.2. The van der Waals surface area contributed by atoms with Gasteiger partial charge in [0, 0.05) is 13.0 Å². The number of unbranched alkanes of at least 4 members (excludes halogenated alkanes) is 21. The lowest BCUT2D eigenvalue weighted by Crippen LogP contribution is -2.27. The van der Waals surface area contributed by atoms with Crippen molar-refractivity contribution in [3.63, 3.8) is 0 Å². The summed E-state index contributed by atoms with van der Waals surface area (Å²) in [4.78, 5) is 12.2. The first-order chi connectivity index (χ1) is 23.2. The molecule has 0 saturated heterocycles. The molecule has 0 fully saturated rings. The number of aliphatic hydroxyl groups excluding tert-OH is 1. The van der Waals surface area contributed by atoms with Crippen LogP contribution in [0.3, 0.4) is 0 Å². The van der Waals surface area contributed by atoms with E-state index in [-0.39, 0.29) is 19.2 Å². The second kappa shape index (κ2) is 40.5. The van der Waals surface area contributed by atoms with Gasteiger partial charge in [-0.25, -0.2) is 0 Å². The summed E-state index contributed by atoms with van der Waals surface area (Å²) < 4.78 is 11.1. The van der Waals surface area contributed by atoms with E-state index >= 15 is 0 Å². The van der Waals surface area contributed by atoms with E-state index in [4.69, 9.17) is 9.47 Å². The first-order valence-electron chi connectivity index (χ1n) is 20.2. The quantitative estimate of drug-likeness (QED) is 0.0410. The van der Waals surface area contributed by atoms with E-state index in [9.17, 15) is 9.90 Å². The third-order valence-electron chi connectivity index (χ3n) is 8.64. The van der Waals surface area contributed by atoms with Crippen LogP contribution in [0.5, 0.6) is 0 Å². The highest BCUT2D eigenvalue weighted by molar-refractivity contribution is 5.69. The molecule has 0 aromatic rings. The number of carbonyl (C=O) groups is 1. The summed E-state index contributed by atoms with van der Waals surface area (Å²) in [5, 5.41) is 9.57. The molecular formula is C43H78O4. The van der Waals surface area contributed by atoms with E-state index in [0.717, 1.165) is 51.4 Å². The molecular weight excluding hydrogens is 580 g/mol. The standard InChI is InChI=1S/C43H78O4/c1-3-5-7-9-11-13-15-17-19-20-21-22-23-24-25-26-28-30-32-34-36-38-43(45)47-42(40-44)41-46-39-37-35-33-31-29-27-18-16-14-12-10-8-6-4-2/h6,8,12,14,18,20-21,27,42,44H,3-5,7,9-11,13,15-17,19,22-26,28-41H2,1-2H3/b8-6-,14-12-,21-20-,27-18-. The predicted molar refractivity (Wildman–Crippen MR) is 205 cm³/mol. The molecule has 0 spiro atoms. The fraction of sp³-hybridized carbons (Fsp3) is 0.791. The van der Waals surface area contributed by atoms with Crippen molar-refractivity contribution in [2.45, 2.75) is 200 Å². The fourth-order valence-electron chi connectivity index (χ4n) is 5.63. The van der Waals surface area contributed by atoms with E-state index < -0.39 is 6.10 Å². The minimum Gasteiger partial charge on any atom is -0.457 e. The van der Waals surface area contributed by atoms with Crippen LogP contribution < -0.4 is 0 Å². The molecule has 1 unspecified atom stereocenters. The Bertz CT molecular complexity index is 738. The fourth-order valence-corrected chi connectivity index (χ4v) is 5.63. The van der Waals surface area contributed by atoms with Gasteiger partial charge in [0.15, 0.2) is 0 Å². The molecule has 4 heteroatoms. The molecule has 274 valence electrons. The zero-order valence-electron chi connectivity index (χ0n) is 31.3. The molecule has 0 aliphatic rings. The van der Waals surface area contributed by atoms with Gasteiger partial charge in [-0.05, 0) is 70.6 Å². The molecule has 4 nitrogen and oxygen atoms in total. The molecule has 47 heavy (non-hydrogen) atoms. The van der Waals surface area contributed by atoms with Gasteiger partial charge in [0.05, 0.1) is 13.2 Å². The Morgan fingerprint density at radius 2 is 0.957 bits per heavy atom. The van der Waals surface area contributed by atoms with Gasteiger partial charge in [-0.3, -0.25) is 4.79 Å². The molecule has 0 heterocycles. The number of esters is 1. The number of carbonyl (C=O) groups excluding carboxylic acids is 1. The predicted octanol–water partition coefficient (Wildman–Crippen LogP) is 13.1. The number of hydrogen-bond donors (Lipinski definition) is 1. The molecule has 0 aromatic carbocycles. The van der Waals surface area contributed by atoms with Gasteiger partial charge in [-0.15, -0.1) is 0 Å². The van der Waals surface area contributed by atoms with Crippen LogP contribution in [0.4, 0.5) is 0 Å². The summed E-state index contributed by atoms with van der Waals surface area (Å²) in [5.41, 5.74) is 0. The number of rotatable bonds is 37. The SMILES string of the molecule is CC/C=C\C/C=C\C/C=C\CCCCCCOCC(CO)OC(=O)CCCCCCCCCCC/C=C\CCCCCCCCCC. The van der Waals surface area contributed by atoms with Crippen molar-refractivity contribution in [2.75, 3.05) is 19.8 Å². The van der Waals surface area contributed by atoms with Crippen molar-refractivity contribution in [3.05, 3.63) is 48.6 Å². The Hall–Kier alpha value is -1.65. The van der Waals surface area contributed by atoms with Gasteiger partial charge < -0.3 is 14.6 Å². The van der Waals surface area contributed by atoms with Crippen molar-refractivity contribution >= 4 is 5.97 Å². The number of ether oxygens (including phenoxy) is 2. The van der Waals surface area contributed by atoms with Crippen LogP contribution in [-0.4, -0.2) is 37.0 Å². The lowest BCUT2D eigenvalue weighted by atomic mass is 10.1. The zero-order valence-corrected chi connectivity index (χ0v) is 31.3. The molecule has 1 atom stereocenters. The van der Waals surface area contributed by atoms with Gasteiger partial charge in [0.25, 0.3) is 0 Å². The largest absolute Gasteiger partial charge is 0.457 e. The van der Waals surface area contributed by atoms with Crippen LogP contribution in [0.25, 0.3) is 0 Å². The highest BCUT2D eigenvalue weighted by Gasteiger charge is 2.13. The second-order valence-corrected chi connectivity index (χ2v) is 13.3. The molecule has 0 aliphatic carbocycles. The van der Waals surface area contributed by atoms with Crippen LogP contribution in [0, 0.1) is 0 Å². The van der Waals surface area contributed by atoms with Crippen molar-refractivity contribution in [1.82, 2.24) is 0 Å². The highest BCUT2D eigenvalue weighted by Crippen LogP contribution is 2.13. The van der Waals surface area contributed by atoms with Crippen molar-refractivity contribution < 1.29 is 19.4 Å². The normalized spacial score (nSPS) is 12.8. The monoisotopic (exact) mass is 659 g/mol. The topological polar surface area (TPSA) is 55.8 Å². The van der Waals surface area contributed by atoms with Gasteiger partial charge in [0.1, 0.15) is 6.10 Å². The minimum atomic E-state index is -0.547. The highest BCUT2D eigenvalue weighted by atomic mass is 16.6. The molecule has 0 radical (unpaired) electrons. The van der Waals surface area contributed by atoms with E-state index in [1.165, 1.54) is 122 Å². The Morgan fingerprint density at radius 3 is 1.47 bits per heavy atom. The lowest BCUT2D eigenvalue weighted by Gasteiger charge is -2.15. The van der Waals surface area contributed by atoms with Gasteiger partial charge in [-0.1, -0.05) is 165 Å². The summed E-state index contributed by atoms with van der Waals surface area (Å²) in [6.45, 7) is 5.19. The maximum Gasteiger partial charge on any atom is 0.306 e. The molecule has 1 N–H and O–H groups in total. The Kier molecular flexibility index (Phi) is 39.1. The second-order valence-electron chi connectivity index (χ2n) is 13.3. The molecule has 0 aromatic heterocycles. The van der Waals surface area contributed by atoms with Crippen LogP contribution in [0.2, 0.25) is 0 Å². The van der Waals surface area contributed by atoms with Crippen LogP contribution in [0.15, 0.2) is 48.6 Å². The maximum absolute atomic E-state index is 12.2. The van der Waals surface area contributed by atoms with Crippen LogP contribution in [-0.2, 0) is 14.3 Å². The third-order valence-corrected chi connectivity index (χ3v) is 8.64. The van der Waals surface area contributed by atoms with Crippen molar-refractivity contribution in [1.29, 1.82) is 0 Å². The summed E-state index contributed by atoms with van der Waals surface area (Å²) in [5.74, 6) is -0.212. The number of hydrogen-bond acceptors (Lipinski definition) is 4.